The fourth-order valence-corrected chi connectivity index (χ4v) is 10.1. The van der Waals surface area contributed by atoms with Gasteiger partial charge >= 0.3 is 4.87 Å². The molecule has 1 saturated heterocycles. The van der Waals surface area contributed by atoms with Crippen LogP contribution in [0.1, 0.15) is 22.8 Å². The second-order valence-electron chi connectivity index (χ2n) is 10.3. The number of carbonyl (C=O) groups excluding carboxylic acids is 2. The van der Waals surface area contributed by atoms with Crippen LogP contribution in [0.3, 0.4) is 0 Å². The molecule has 3 fully saturated rings. The van der Waals surface area contributed by atoms with Gasteiger partial charge in [-0.2, -0.15) is 0 Å². The van der Waals surface area contributed by atoms with Crippen molar-refractivity contribution < 1.29 is 9.59 Å². The number of nitrogens with zero attached hydrogens (tertiary/aromatic N) is 2. The number of aromatic amines is 1. The van der Waals surface area contributed by atoms with Crippen molar-refractivity contribution in [3.05, 3.63) is 74.7 Å². The van der Waals surface area contributed by atoms with Crippen molar-refractivity contribution in [2.45, 2.75) is 22.6 Å². The number of imide groups is 1. The molecule has 8 heteroatoms. The van der Waals surface area contributed by atoms with Gasteiger partial charge in [0.2, 0.25) is 11.8 Å². The van der Waals surface area contributed by atoms with Crippen LogP contribution in [-0.4, -0.2) is 36.1 Å². The summed E-state index contributed by atoms with van der Waals surface area (Å²) in [7, 11) is 4.05. The zero-order chi connectivity index (χ0) is 24.0. The second-order valence-corrected chi connectivity index (χ2v) is 12.5. The highest BCUT2D eigenvalue weighted by Crippen LogP contribution is 2.68. The summed E-state index contributed by atoms with van der Waals surface area (Å²) in [5.41, 5.74) is 2.98. The number of anilines is 2. The molecule has 1 aromatic heterocycles. The standard InChI is InChI=1S/C27H25N3O3S2/c1-29(2)14-10-8-13(9-11-14)18-19-16-12-17(22(19)34-24-23(18)35-27(33)28-24)21-20(16)25(31)30(26(21)32)15-6-4-3-5-7-15/h3-11,16-22H,12H2,1-2H3,(H,28,33)/t16-,17-,18-,19-,20+,21-,22-/m0/s1. The number of hydrogen-bond donors (Lipinski definition) is 1. The van der Waals surface area contributed by atoms with Gasteiger partial charge in [-0.25, -0.2) is 0 Å². The molecular formula is C27H25N3O3S2. The number of para-hydroxylation sites is 1. The van der Waals surface area contributed by atoms with Crippen molar-refractivity contribution in [1.82, 2.24) is 4.98 Å². The van der Waals surface area contributed by atoms with Crippen LogP contribution in [-0.2, 0) is 9.59 Å². The summed E-state index contributed by atoms with van der Waals surface area (Å²) in [5.74, 6) is -0.0580. The quantitative estimate of drug-likeness (QED) is 0.543. The Morgan fingerprint density at radius 3 is 2.29 bits per heavy atom. The van der Waals surface area contributed by atoms with Crippen molar-refractivity contribution in [2.24, 2.45) is 29.6 Å². The first kappa shape index (κ1) is 21.4. The molecule has 0 unspecified atom stereocenters. The van der Waals surface area contributed by atoms with E-state index in [-0.39, 0.29) is 57.4 Å². The first-order chi connectivity index (χ1) is 16.9. The molecule has 7 atom stereocenters. The van der Waals surface area contributed by atoms with E-state index in [4.69, 9.17) is 0 Å². The molecule has 2 aliphatic heterocycles. The highest BCUT2D eigenvalue weighted by molar-refractivity contribution is 8.00. The van der Waals surface area contributed by atoms with Gasteiger partial charge in [0.1, 0.15) is 0 Å². The molecule has 0 spiro atoms. The van der Waals surface area contributed by atoms with Crippen LogP contribution in [0.25, 0.3) is 0 Å². The van der Waals surface area contributed by atoms with Crippen LogP contribution in [0, 0.1) is 29.6 Å². The number of hydrogen-bond acceptors (Lipinski definition) is 6. The lowest BCUT2D eigenvalue weighted by Gasteiger charge is -2.43. The molecule has 35 heavy (non-hydrogen) atoms. The summed E-state index contributed by atoms with van der Waals surface area (Å²) in [5, 5.41) is 1.16. The number of aromatic nitrogens is 1. The summed E-state index contributed by atoms with van der Waals surface area (Å²) in [6.45, 7) is 0. The van der Waals surface area contributed by atoms with Crippen LogP contribution >= 0.6 is 23.1 Å². The minimum absolute atomic E-state index is 0.0349. The molecule has 2 aromatic carbocycles. The molecule has 2 amide bonds. The molecular weight excluding hydrogens is 478 g/mol. The Bertz CT molecular complexity index is 1400. The predicted octanol–water partition coefficient (Wildman–Crippen LogP) is 4.18. The minimum Gasteiger partial charge on any atom is -0.378 e. The van der Waals surface area contributed by atoms with E-state index in [0.717, 1.165) is 22.0 Å². The average Bonchev–Trinajstić information content (AvgIpc) is 3.58. The van der Waals surface area contributed by atoms with E-state index in [0.29, 0.717) is 5.69 Å². The number of H-pyrrole nitrogens is 1. The van der Waals surface area contributed by atoms with Crippen LogP contribution in [0.4, 0.5) is 11.4 Å². The fourth-order valence-electron chi connectivity index (χ4n) is 7.20. The Kier molecular flexibility index (Phi) is 4.64. The van der Waals surface area contributed by atoms with E-state index in [1.54, 1.807) is 11.8 Å². The van der Waals surface area contributed by atoms with E-state index in [9.17, 15) is 14.4 Å². The molecule has 3 aromatic rings. The lowest BCUT2D eigenvalue weighted by molar-refractivity contribution is -0.123. The number of fused-ring (bicyclic) bond motifs is 9. The van der Waals surface area contributed by atoms with Gasteiger partial charge in [0.25, 0.3) is 0 Å². The molecule has 178 valence electrons. The number of amides is 2. The number of nitrogens with one attached hydrogen (secondary N) is 1. The Morgan fingerprint density at radius 1 is 0.914 bits per heavy atom. The molecule has 3 heterocycles. The van der Waals surface area contributed by atoms with E-state index >= 15 is 0 Å². The Labute approximate surface area is 211 Å². The topological polar surface area (TPSA) is 73.5 Å². The fraction of sp³-hybridized carbons (Fsp3) is 0.370. The van der Waals surface area contributed by atoms with Gasteiger partial charge in [-0.05, 0) is 54.0 Å². The van der Waals surface area contributed by atoms with Gasteiger partial charge in [0.05, 0.1) is 22.5 Å². The lowest BCUT2D eigenvalue weighted by Crippen LogP contribution is -2.42. The first-order valence-electron chi connectivity index (χ1n) is 12.0. The highest BCUT2D eigenvalue weighted by Gasteiger charge is 2.69. The third-order valence-electron chi connectivity index (χ3n) is 8.51. The van der Waals surface area contributed by atoms with Crippen LogP contribution in [0.2, 0.25) is 0 Å². The molecule has 7 rings (SSSR count). The maximum atomic E-state index is 13.7. The Hall–Kier alpha value is -2.84. The van der Waals surface area contributed by atoms with Crippen molar-refractivity contribution >= 4 is 46.3 Å². The van der Waals surface area contributed by atoms with Gasteiger partial charge < -0.3 is 9.88 Å². The molecule has 1 N–H and O–H groups in total. The smallest absolute Gasteiger partial charge is 0.305 e. The maximum Gasteiger partial charge on any atom is 0.305 e. The van der Waals surface area contributed by atoms with Gasteiger partial charge in [-0.3, -0.25) is 19.3 Å². The maximum absolute atomic E-state index is 13.7. The third kappa shape index (κ3) is 2.93. The van der Waals surface area contributed by atoms with Gasteiger partial charge in [-0.1, -0.05) is 41.7 Å². The van der Waals surface area contributed by atoms with Gasteiger partial charge in [-0.15, -0.1) is 11.8 Å². The lowest BCUT2D eigenvalue weighted by atomic mass is 9.68. The van der Waals surface area contributed by atoms with E-state index in [2.05, 4.69) is 34.1 Å². The van der Waals surface area contributed by atoms with Crippen molar-refractivity contribution in [3.63, 3.8) is 0 Å². The SMILES string of the molecule is CN(C)c1ccc([C@@H]2c3sc(=O)[nH]c3S[C@H]3[C@H]4C[C@H]([C@H]5C(=O)N(c6ccccc6)C(=O)[C@@H]45)[C@@H]23)cc1. The van der Waals surface area contributed by atoms with E-state index < -0.39 is 0 Å². The zero-order valence-corrected chi connectivity index (χ0v) is 21.0. The summed E-state index contributed by atoms with van der Waals surface area (Å²) >= 11 is 3.03. The summed E-state index contributed by atoms with van der Waals surface area (Å²) < 4.78 is 0. The molecule has 2 bridgehead atoms. The number of thiazole rings is 1. The summed E-state index contributed by atoms with van der Waals surface area (Å²) in [6, 6.07) is 17.9. The first-order valence-corrected chi connectivity index (χ1v) is 13.7. The Balaban J connectivity index is 1.32. The molecule has 0 radical (unpaired) electrons. The monoisotopic (exact) mass is 503 g/mol. The van der Waals surface area contributed by atoms with Crippen molar-refractivity contribution in [2.75, 3.05) is 23.9 Å². The summed E-state index contributed by atoms with van der Waals surface area (Å²) in [4.78, 5) is 47.3. The molecule has 2 saturated carbocycles. The van der Waals surface area contributed by atoms with Crippen molar-refractivity contribution in [1.29, 1.82) is 0 Å². The largest absolute Gasteiger partial charge is 0.378 e. The van der Waals surface area contributed by atoms with Crippen LogP contribution < -0.4 is 14.7 Å². The van der Waals surface area contributed by atoms with Gasteiger partial charge in [0.15, 0.2) is 0 Å². The summed E-state index contributed by atoms with van der Waals surface area (Å²) in [6.07, 6.45) is 0.906. The van der Waals surface area contributed by atoms with Crippen LogP contribution in [0.5, 0.6) is 0 Å². The van der Waals surface area contributed by atoms with Gasteiger partial charge in [0, 0.05) is 35.8 Å². The van der Waals surface area contributed by atoms with Crippen molar-refractivity contribution in [3.8, 4) is 0 Å². The predicted molar refractivity (Wildman–Crippen MR) is 138 cm³/mol. The average molecular weight is 504 g/mol. The number of thioether (sulfide) groups is 1. The van der Waals surface area contributed by atoms with E-state index in [1.165, 1.54) is 21.8 Å². The molecule has 6 nitrogen and oxygen atoms in total. The highest BCUT2D eigenvalue weighted by atomic mass is 32.2. The van der Waals surface area contributed by atoms with E-state index in [1.807, 2.05) is 44.4 Å². The minimum atomic E-state index is -0.268. The molecule has 4 aliphatic rings. The number of rotatable bonds is 3. The molecule has 2 aliphatic carbocycles. The second kappa shape index (κ2) is 7.58. The normalized spacial score (nSPS) is 32.5. The number of benzene rings is 2. The zero-order valence-electron chi connectivity index (χ0n) is 19.4. The number of carbonyl (C=O) groups is 2. The van der Waals surface area contributed by atoms with Crippen LogP contribution in [0.15, 0.2) is 64.4 Å². The Morgan fingerprint density at radius 2 is 1.60 bits per heavy atom. The third-order valence-corrected chi connectivity index (χ3v) is 11.1.